The second-order valence-electron chi connectivity index (χ2n) is 5.46. The maximum absolute atomic E-state index is 12.5. The first-order valence-corrected chi connectivity index (χ1v) is 7.92. The molecule has 0 spiro atoms. The van der Waals surface area contributed by atoms with Crippen LogP contribution in [0.15, 0.2) is 18.2 Å². The summed E-state index contributed by atoms with van der Waals surface area (Å²) in [4.78, 5) is 26.4. The fourth-order valence-corrected chi connectivity index (χ4v) is 2.59. The molecule has 5 nitrogen and oxygen atoms in total. The predicted octanol–water partition coefficient (Wildman–Crippen LogP) is 2.39. The van der Waals surface area contributed by atoms with Crippen molar-refractivity contribution in [3.05, 3.63) is 23.8 Å². The van der Waals surface area contributed by atoms with Crippen LogP contribution in [0.5, 0.6) is 5.75 Å². The molecule has 0 aromatic heterocycles. The SMILES string of the molecule is CCCN1C(=O)C(CC)Oc2ccc(C(=O)CCNC)cc21. The summed E-state index contributed by atoms with van der Waals surface area (Å²) in [5.41, 5.74) is 1.34. The number of nitrogens with one attached hydrogen (secondary N) is 1. The summed E-state index contributed by atoms with van der Waals surface area (Å²) in [5.74, 6) is 0.736. The molecule has 2 rings (SSSR count). The van der Waals surface area contributed by atoms with E-state index in [2.05, 4.69) is 5.32 Å². The molecule has 22 heavy (non-hydrogen) atoms. The van der Waals surface area contributed by atoms with E-state index in [1.54, 1.807) is 23.1 Å². The van der Waals surface area contributed by atoms with E-state index in [0.717, 1.165) is 6.42 Å². The molecule has 0 aliphatic carbocycles. The first kappa shape index (κ1) is 16.5. The summed E-state index contributed by atoms with van der Waals surface area (Å²) >= 11 is 0. The van der Waals surface area contributed by atoms with Gasteiger partial charge >= 0.3 is 0 Å². The zero-order valence-corrected chi connectivity index (χ0v) is 13.5. The van der Waals surface area contributed by atoms with Crippen molar-refractivity contribution in [2.75, 3.05) is 25.0 Å². The van der Waals surface area contributed by atoms with Gasteiger partial charge in [0.15, 0.2) is 11.9 Å². The van der Waals surface area contributed by atoms with E-state index < -0.39 is 6.10 Å². The third-order valence-corrected chi connectivity index (χ3v) is 3.80. The fraction of sp³-hybridized carbons (Fsp3) is 0.529. The van der Waals surface area contributed by atoms with Crippen LogP contribution >= 0.6 is 0 Å². The third-order valence-electron chi connectivity index (χ3n) is 3.80. The Labute approximate surface area is 131 Å². The van der Waals surface area contributed by atoms with E-state index >= 15 is 0 Å². The molecule has 1 N–H and O–H groups in total. The van der Waals surface area contributed by atoms with Crippen molar-refractivity contribution in [3.63, 3.8) is 0 Å². The zero-order valence-electron chi connectivity index (χ0n) is 13.5. The quantitative estimate of drug-likeness (QED) is 0.786. The minimum absolute atomic E-state index is 0.0170. The molecule has 1 aromatic carbocycles. The molecule has 0 bridgehead atoms. The minimum atomic E-state index is -0.426. The van der Waals surface area contributed by atoms with Crippen molar-refractivity contribution >= 4 is 17.4 Å². The summed E-state index contributed by atoms with van der Waals surface area (Å²) < 4.78 is 5.77. The van der Waals surface area contributed by atoms with Crippen molar-refractivity contribution in [2.45, 2.75) is 39.2 Å². The first-order chi connectivity index (χ1) is 10.6. The fourth-order valence-electron chi connectivity index (χ4n) is 2.59. The highest BCUT2D eigenvalue weighted by Crippen LogP contribution is 2.36. The summed E-state index contributed by atoms with van der Waals surface area (Å²) in [7, 11) is 1.82. The number of benzene rings is 1. The Kier molecular flexibility index (Phi) is 5.55. The Morgan fingerprint density at radius 2 is 2.14 bits per heavy atom. The molecule has 1 unspecified atom stereocenters. The average Bonchev–Trinajstić information content (AvgIpc) is 2.54. The Morgan fingerprint density at radius 3 is 2.77 bits per heavy atom. The third kappa shape index (κ3) is 3.30. The van der Waals surface area contributed by atoms with Crippen molar-refractivity contribution in [3.8, 4) is 5.75 Å². The number of rotatable bonds is 7. The lowest BCUT2D eigenvalue weighted by molar-refractivity contribution is -0.126. The van der Waals surface area contributed by atoms with Crippen LogP contribution in [-0.2, 0) is 4.79 Å². The topological polar surface area (TPSA) is 58.6 Å². The summed E-state index contributed by atoms with van der Waals surface area (Å²) in [6, 6.07) is 5.37. The van der Waals surface area contributed by atoms with Gasteiger partial charge in [0.2, 0.25) is 0 Å². The number of fused-ring (bicyclic) bond motifs is 1. The van der Waals surface area contributed by atoms with E-state index in [0.29, 0.717) is 42.9 Å². The average molecular weight is 304 g/mol. The lowest BCUT2D eigenvalue weighted by Gasteiger charge is -2.34. The largest absolute Gasteiger partial charge is 0.478 e. The maximum Gasteiger partial charge on any atom is 0.268 e. The van der Waals surface area contributed by atoms with Gasteiger partial charge in [0.1, 0.15) is 5.75 Å². The van der Waals surface area contributed by atoms with Crippen LogP contribution in [0.2, 0.25) is 0 Å². The molecule has 1 aromatic rings. The summed E-state index contributed by atoms with van der Waals surface area (Å²) in [6.45, 7) is 5.25. The number of ether oxygens (including phenoxy) is 1. The molecule has 1 heterocycles. The maximum atomic E-state index is 12.5. The molecule has 5 heteroatoms. The van der Waals surface area contributed by atoms with Gasteiger partial charge in [-0.3, -0.25) is 9.59 Å². The number of hydrogen-bond donors (Lipinski definition) is 1. The Bertz CT molecular complexity index is 557. The van der Waals surface area contributed by atoms with Gasteiger partial charge in [0.25, 0.3) is 5.91 Å². The predicted molar refractivity (Wildman–Crippen MR) is 86.7 cm³/mol. The lowest BCUT2D eigenvalue weighted by Crippen LogP contribution is -2.46. The highest BCUT2D eigenvalue weighted by atomic mass is 16.5. The van der Waals surface area contributed by atoms with Gasteiger partial charge in [0, 0.05) is 25.1 Å². The summed E-state index contributed by atoms with van der Waals surface area (Å²) in [6.07, 6.45) is 1.51. The number of amides is 1. The number of carbonyl (C=O) groups excluding carboxylic acids is 2. The van der Waals surface area contributed by atoms with Crippen molar-refractivity contribution in [2.24, 2.45) is 0 Å². The number of anilines is 1. The molecule has 1 aliphatic rings. The number of hydrogen-bond acceptors (Lipinski definition) is 4. The van der Waals surface area contributed by atoms with E-state index in [1.807, 2.05) is 20.9 Å². The molecule has 1 aliphatic heterocycles. The molecule has 0 saturated heterocycles. The van der Waals surface area contributed by atoms with Crippen LogP contribution in [0.4, 0.5) is 5.69 Å². The molecule has 0 radical (unpaired) electrons. The van der Waals surface area contributed by atoms with Crippen LogP contribution < -0.4 is 15.0 Å². The highest BCUT2D eigenvalue weighted by molar-refractivity contribution is 6.03. The van der Waals surface area contributed by atoms with Crippen LogP contribution in [0.25, 0.3) is 0 Å². The van der Waals surface area contributed by atoms with Gasteiger partial charge in [-0.05, 0) is 38.1 Å². The molecular formula is C17H24N2O3. The Hall–Kier alpha value is -1.88. The molecule has 120 valence electrons. The Morgan fingerprint density at radius 1 is 1.36 bits per heavy atom. The number of carbonyl (C=O) groups is 2. The van der Waals surface area contributed by atoms with Gasteiger partial charge in [0.05, 0.1) is 5.69 Å². The summed E-state index contributed by atoms with van der Waals surface area (Å²) in [5, 5.41) is 2.97. The normalized spacial score (nSPS) is 17.1. The van der Waals surface area contributed by atoms with Gasteiger partial charge in [-0.15, -0.1) is 0 Å². The molecule has 0 saturated carbocycles. The molecule has 1 atom stereocenters. The van der Waals surface area contributed by atoms with Crippen LogP contribution in [0.3, 0.4) is 0 Å². The smallest absolute Gasteiger partial charge is 0.268 e. The van der Waals surface area contributed by atoms with Crippen LogP contribution in [-0.4, -0.2) is 37.9 Å². The molecule has 1 amide bonds. The zero-order chi connectivity index (χ0) is 16.1. The minimum Gasteiger partial charge on any atom is -0.478 e. The standard InChI is InChI=1S/C17H24N2O3/c1-4-10-19-13-11-12(14(20)8-9-18-3)6-7-16(13)22-15(5-2)17(19)21/h6-7,11,15,18H,4-5,8-10H2,1-3H3. The van der Waals surface area contributed by atoms with Gasteiger partial charge in [-0.25, -0.2) is 0 Å². The van der Waals surface area contributed by atoms with E-state index in [4.69, 9.17) is 4.74 Å². The van der Waals surface area contributed by atoms with Gasteiger partial charge in [-0.2, -0.15) is 0 Å². The number of nitrogens with zero attached hydrogens (tertiary/aromatic N) is 1. The van der Waals surface area contributed by atoms with Gasteiger partial charge < -0.3 is 15.0 Å². The first-order valence-electron chi connectivity index (χ1n) is 7.92. The monoisotopic (exact) mass is 304 g/mol. The highest BCUT2D eigenvalue weighted by Gasteiger charge is 2.33. The molecular weight excluding hydrogens is 280 g/mol. The second-order valence-corrected chi connectivity index (χ2v) is 5.46. The number of Topliss-reactive ketones (excluding diaryl/α,β-unsaturated/α-hetero) is 1. The van der Waals surface area contributed by atoms with E-state index in [9.17, 15) is 9.59 Å². The van der Waals surface area contributed by atoms with E-state index in [-0.39, 0.29) is 11.7 Å². The van der Waals surface area contributed by atoms with Crippen molar-refractivity contribution in [1.29, 1.82) is 0 Å². The lowest BCUT2D eigenvalue weighted by atomic mass is 10.0. The van der Waals surface area contributed by atoms with Crippen LogP contribution in [0.1, 0.15) is 43.5 Å². The van der Waals surface area contributed by atoms with Crippen LogP contribution in [0, 0.1) is 0 Å². The molecule has 0 fully saturated rings. The van der Waals surface area contributed by atoms with E-state index in [1.165, 1.54) is 0 Å². The second kappa shape index (κ2) is 7.40. The van der Waals surface area contributed by atoms with Crippen molar-refractivity contribution in [1.82, 2.24) is 5.32 Å². The van der Waals surface area contributed by atoms with Gasteiger partial charge in [-0.1, -0.05) is 13.8 Å². The Balaban J connectivity index is 2.33. The number of ketones is 1. The van der Waals surface area contributed by atoms with Crippen molar-refractivity contribution < 1.29 is 14.3 Å².